The average molecular weight is 567 g/mol. The van der Waals surface area contributed by atoms with Gasteiger partial charge in [0.1, 0.15) is 17.3 Å². The van der Waals surface area contributed by atoms with Gasteiger partial charge < -0.3 is 8.39 Å². The molecular weight excluding hydrogens is 523 g/mol. The third-order valence-corrected chi connectivity index (χ3v) is 9.24. The van der Waals surface area contributed by atoms with E-state index in [1.165, 1.54) is 22.3 Å². The fourth-order valence-electron chi connectivity index (χ4n) is 5.56. The van der Waals surface area contributed by atoms with E-state index in [0.29, 0.717) is 0 Å². The number of rotatable bonds is 4. The van der Waals surface area contributed by atoms with E-state index in [0.717, 1.165) is 44.2 Å². The van der Waals surface area contributed by atoms with E-state index < -0.39 is 8.24 Å². The number of hydrogen-bond acceptors (Lipinski definition) is 3. The average Bonchev–Trinajstić information content (AvgIpc) is 3.08. The third kappa shape index (κ3) is 5.63. The molecular formula is C37H43O3P. The molecule has 0 fully saturated rings. The van der Waals surface area contributed by atoms with Crippen molar-refractivity contribution in [1.29, 1.82) is 0 Å². The molecule has 0 atom stereocenters. The lowest BCUT2D eigenvalue weighted by Gasteiger charge is -2.23. The molecule has 1 aromatic heterocycles. The van der Waals surface area contributed by atoms with Gasteiger partial charge >= 0.3 is 8.24 Å². The molecule has 5 aromatic rings. The van der Waals surface area contributed by atoms with Crippen LogP contribution in [0.4, 0.5) is 0 Å². The van der Waals surface area contributed by atoms with Gasteiger partial charge in [-0.3, -0.25) is 4.52 Å². The molecule has 5 rings (SSSR count). The van der Waals surface area contributed by atoms with Crippen molar-refractivity contribution in [1.82, 2.24) is 0 Å². The second kappa shape index (κ2) is 10.9. The van der Waals surface area contributed by atoms with Crippen LogP contribution in [0.2, 0.25) is 0 Å². The summed E-state index contributed by atoms with van der Waals surface area (Å²) in [6.07, 6.45) is -0.345. The Labute approximate surface area is 246 Å². The first-order valence-corrected chi connectivity index (χ1v) is 15.6. The van der Waals surface area contributed by atoms with Gasteiger partial charge in [0.25, 0.3) is 0 Å². The van der Waals surface area contributed by atoms with Crippen LogP contribution in [-0.2, 0) is 10.8 Å². The molecule has 0 aliphatic heterocycles. The van der Waals surface area contributed by atoms with Crippen molar-refractivity contribution < 1.29 is 12.9 Å². The van der Waals surface area contributed by atoms with Gasteiger partial charge in [0.05, 0.1) is 0 Å². The predicted molar refractivity (Wildman–Crippen MR) is 174 cm³/mol. The number of fused-ring (bicyclic) bond motifs is 3. The van der Waals surface area contributed by atoms with Crippen molar-refractivity contribution in [3.8, 4) is 0 Å². The largest absolute Gasteiger partial charge is 0.399 e. The van der Waals surface area contributed by atoms with Crippen LogP contribution < -0.4 is 4.52 Å². The highest BCUT2D eigenvalue weighted by molar-refractivity contribution is 7.31. The van der Waals surface area contributed by atoms with Gasteiger partial charge in [0, 0.05) is 21.9 Å². The highest BCUT2D eigenvalue weighted by atomic mass is 31.1. The Morgan fingerprint density at radius 1 is 0.585 bits per heavy atom. The highest BCUT2D eigenvalue weighted by Gasteiger charge is 2.28. The van der Waals surface area contributed by atoms with Crippen LogP contribution in [0.25, 0.3) is 21.9 Å². The van der Waals surface area contributed by atoms with Crippen LogP contribution in [0.3, 0.4) is 0 Å². The van der Waals surface area contributed by atoms with Crippen molar-refractivity contribution >= 4 is 30.2 Å². The lowest BCUT2D eigenvalue weighted by Crippen LogP contribution is -2.13. The topological polar surface area (TPSA) is 35.5 Å². The van der Waals surface area contributed by atoms with Gasteiger partial charge in [-0.25, -0.2) is 0 Å². The minimum atomic E-state index is -1.83. The molecule has 0 spiro atoms. The minimum Gasteiger partial charge on any atom is -0.399 e. The first-order chi connectivity index (χ1) is 19.3. The fourth-order valence-corrected chi connectivity index (χ4v) is 6.77. The normalized spacial score (nSPS) is 12.5. The molecule has 0 saturated carbocycles. The molecule has 41 heavy (non-hydrogen) atoms. The Bertz CT molecular complexity index is 1620. The summed E-state index contributed by atoms with van der Waals surface area (Å²) in [4.78, 5) is 0. The maximum Gasteiger partial charge on any atom is 0.388 e. The maximum atomic E-state index is 6.99. The number of benzene rings is 4. The van der Waals surface area contributed by atoms with Crippen LogP contribution in [-0.4, -0.2) is 0 Å². The standard InChI is InChI=1S/C37H43O3P/c1-23-21-29(36(5,6)7)34-31(25(23)3)32-26(4)24(2)22-30(37(8,9)10)35(32)40-41(39-34)38-33(27-17-13-11-14-18-27)28-19-15-12-16-20-28/h11-22,33H,1-10H3. The highest BCUT2D eigenvalue weighted by Crippen LogP contribution is 2.46. The van der Waals surface area contributed by atoms with Gasteiger partial charge in [-0.05, 0) is 71.9 Å². The first kappa shape index (κ1) is 29.2. The summed E-state index contributed by atoms with van der Waals surface area (Å²) in [6, 6.07) is 25.3. The number of hydrogen-bond donors (Lipinski definition) is 0. The molecule has 214 valence electrons. The van der Waals surface area contributed by atoms with E-state index in [1.54, 1.807) is 0 Å². The second-order valence-corrected chi connectivity index (χ2v) is 14.4. The summed E-state index contributed by atoms with van der Waals surface area (Å²) in [7, 11) is -1.83. The Morgan fingerprint density at radius 3 is 1.29 bits per heavy atom. The van der Waals surface area contributed by atoms with Crippen molar-refractivity contribution in [2.45, 2.75) is 86.2 Å². The van der Waals surface area contributed by atoms with E-state index in [-0.39, 0.29) is 16.9 Å². The van der Waals surface area contributed by atoms with Crippen molar-refractivity contribution in [2.24, 2.45) is 0 Å². The van der Waals surface area contributed by atoms with E-state index in [9.17, 15) is 0 Å². The molecule has 3 nitrogen and oxygen atoms in total. The zero-order chi connectivity index (χ0) is 29.7. The molecule has 4 heteroatoms. The zero-order valence-electron chi connectivity index (χ0n) is 26.2. The minimum absolute atomic E-state index is 0.142. The van der Waals surface area contributed by atoms with Gasteiger partial charge in [-0.1, -0.05) is 114 Å². The molecule has 0 saturated heterocycles. The van der Waals surface area contributed by atoms with Crippen LogP contribution in [0.1, 0.15) is 92.2 Å². The summed E-state index contributed by atoms with van der Waals surface area (Å²) in [5.74, 6) is 0. The van der Waals surface area contributed by atoms with E-state index >= 15 is 0 Å². The lowest BCUT2D eigenvalue weighted by molar-refractivity contribution is 0.305. The van der Waals surface area contributed by atoms with Crippen molar-refractivity contribution in [2.75, 3.05) is 0 Å². The SMILES string of the molecule is Cc1cc(C(C)(C)C)c2op(OC(c3ccccc3)c3ccccc3)oc3c(C(C)(C)C)cc(C)c(C)c3c2c1C. The molecule has 0 unspecified atom stereocenters. The van der Waals surface area contributed by atoms with Gasteiger partial charge in [0.15, 0.2) is 0 Å². The van der Waals surface area contributed by atoms with Gasteiger partial charge in [-0.2, -0.15) is 0 Å². The van der Waals surface area contributed by atoms with Crippen LogP contribution in [0.15, 0.2) is 81.2 Å². The van der Waals surface area contributed by atoms with Crippen LogP contribution in [0.5, 0.6) is 0 Å². The third-order valence-electron chi connectivity index (χ3n) is 8.19. The molecule has 1 heterocycles. The van der Waals surface area contributed by atoms with Gasteiger partial charge in [-0.15, -0.1) is 0 Å². The molecule has 4 aromatic carbocycles. The summed E-state index contributed by atoms with van der Waals surface area (Å²) in [6.45, 7) is 22.3. The molecule has 0 radical (unpaired) electrons. The lowest BCUT2D eigenvalue weighted by atomic mass is 9.81. The fraction of sp³-hybridized carbons (Fsp3) is 0.351. The Kier molecular flexibility index (Phi) is 7.74. The summed E-state index contributed by atoms with van der Waals surface area (Å²) in [5.41, 5.74) is 10.8. The Balaban J connectivity index is 1.96. The maximum absolute atomic E-state index is 6.99. The van der Waals surface area contributed by atoms with E-state index in [4.69, 9.17) is 12.9 Å². The monoisotopic (exact) mass is 566 g/mol. The Hall–Kier alpha value is -3.26. The molecule has 0 N–H and O–H groups in total. The molecule has 0 bridgehead atoms. The first-order valence-electron chi connectivity index (χ1n) is 14.5. The smallest absolute Gasteiger partial charge is 0.388 e. The zero-order valence-corrected chi connectivity index (χ0v) is 27.1. The molecule has 0 aliphatic rings. The summed E-state index contributed by atoms with van der Waals surface area (Å²) >= 11 is 0. The quantitative estimate of drug-likeness (QED) is 0.217. The predicted octanol–water partition coefficient (Wildman–Crippen LogP) is 11.3. The van der Waals surface area contributed by atoms with Gasteiger partial charge in [0.2, 0.25) is 0 Å². The summed E-state index contributed by atoms with van der Waals surface area (Å²) in [5, 5.41) is 2.25. The van der Waals surface area contributed by atoms with Crippen LogP contribution in [0, 0.1) is 27.7 Å². The van der Waals surface area contributed by atoms with Crippen molar-refractivity contribution in [3.63, 3.8) is 0 Å². The van der Waals surface area contributed by atoms with Crippen molar-refractivity contribution in [3.05, 3.63) is 117 Å². The molecule has 0 amide bonds. The van der Waals surface area contributed by atoms with E-state index in [1.807, 2.05) is 12.1 Å². The van der Waals surface area contributed by atoms with E-state index in [2.05, 4.69) is 130 Å². The molecule has 0 aliphatic carbocycles. The number of aryl methyl sites for hydroxylation is 4. The second-order valence-electron chi connectivity index (χ2n) is 13.4. The Morgan fingerprint density at radius 2 is 0.951 bits per heavy atom. The van der Waals surface area contributed by atoms with Crippen LogP contribution >= 0.6 is 8.24 Å². The summed E-state index contributed by atoms with van der Waals surface area (Å²) < 4.78 is 20.9.